The average molecular weight is 311 g/mol. The lowest BCUT2D eigenvalue weighted by Gasteiger charge is -2.15. The van der Waals surface area contributed by atoms with Gasteiger partial charge in [-0.2, -0.15) is 0 Å². The second-order valence-corrected chi connectivity index (χ2v) is 7.30. The van der Waals surface area contributed by atoms with Gasteiger partial charge in [0.05, 0.1) is 11.5 Å². The number of aliphatic hydroxyl groups is 1. The molecule has 1 atom stereocenters. The fraction of sp³-hybridized carbons (Fsp3) is 0.286. The van der Waals surface area contributed by atoms with Crippen molar-refractivity contribution < 1.29 is 13.5 Å². The molecule has 0 bridgehead atoms. The van der Waals surface area contributed by atoms with E-state index in [0.29, 0.717) is 4.88 Å². The number of aliphatic hydroxyl groups excluding tert-OH is 1. The van der Waals surface area contributed by atoms with E-state index in [-0.39, 0.29) is 17.5 Å². The summed E-state index contributed by atoms with van der Waals surface area (Å²) in [5, 5.41) is 10.8. The van der Waals surface area contributed by atoms with Crippen LogP contribution in [0, 0.1) is 6.92 Å². The minimum atomic E-state index is -3.62. The molecule has 108 valence electrons. The summed E-state index contributed by atoms with van der Waals surface area (Å²) in [6.45, 7) is 3.51. The van der Waals surface area contributed by atoms with Crippen molar-refractivity contribution in [1.82, 2.24) is 4.72 Å². The second-order valence-electron chi connectivity index (χ2n) is 4.62. The third-order valence-electron chi connectivity index (χ3n) is 3.05. The maximum Gasteiger partial charge on any atom is 0.242 e. The van der Waals surface area contributed by atoms with Crippen LogP contribution in [0.5, 0.6) is 0 Å². The van der Waals surface area contributed by atoms with Crippen molar-refractivity contribution in [2.75, 3.05) is 0 Å². The van der Waals surface area contributed by atoms with Gasteiger partial charge in [-0.15, -0.1) is 11.3 Å². The zero-order valence-corrected chi connectivity index (χ0v) is 13.0. The molecule has 0 saturated heterocycles. The molecule has 0 fully saturated rings. The first-order valence-corrected chi connectivity index (χ1v) is 8.56. The lowest BCUT2D eigenvalue weighted by atomic mass is 10.1. The molecule has 0 saturated carbocycles. The number of hydrogen-bond acceptors (Lipinski definition) is 4. The number of benzene rings is 1. The van der Waals surface area contributed by atoms with Crippen molar-refractivity contribution in [2.45, 2.75) is 31.4 Å². The fourth-order valence-electron chi connectivity index (χ4n) is 1.90. The largest absolute Gasteiger partial charge is 0.391 e. The summed E-state index contributed by atoms with van der Waals surface area (Å²) in [5.74, 6) is 0. The zero-order chi connectivity index (χ0) is 14.8. The Morgan fingerprint density at radius 2 is 1.90 bits per heavy atom. The average Bonchev–Trinajstić information content (AvgIpc) is 2.88. The van der Waals surface area contributed by atoms with Crippen molar-refractivity contribution in [1.29, 1.82) is 0 Å². The van der Waals surface area contributed by atoms with E-state index >= 15 is 0 Å². The van der Waals surface area contributed by atoms with Gasteiger partial charge in [-0.05, 0) is 30.9 Å². The van der Waals surface area contributed by atoms with Gasteiger partial charge < -0.3 is 5.11 Å². The Labute approximate surface area is 123 Å². The van der Waals surface area contributed by atoms with Crippen LogP contribution >= 0.6 is 11.3 Å². The van der Waals surface area contributed by atoms with Crippen molar-refractivity contribution in [3.63, 3.8) is 0 Å². The van der Waals surface area contributed by atoms with E-state index in [2.05, 4.69) is 4.72 Å². The molecular weight excluding hydrogens is 294 g/mol. The molecule has 20 heavy (non-hydrogen) atoms. The lowest BCUT2D eigenvalue weighted by Crippen LogP contribution is -2.27. The van der Waals surface area contributed by atoms with Gasteiger partial charge in [0.1, 0.15) is 0 Å². The van der Waals surface area contributed by atoms with Gasteiger partial charge in [0.2, 0.25) is 10.0 Å². The predicted molar refractivity (Wildman–Crippen MR) is 80.2 cm³/mol. The van der Waals surface area contributed by atoms with Gasteiger partial charge in [0.15, 0.2) is 0 Å². The summed E-state index contributed by atoms with van der Waals surface area (Å²) >= 11 is 1.23. The zero-order valence-electron chi connectivity index (χ0n) is 11.3. The van der Waals surface area contributed by atoms with Gasteiger partial charge in [-0.25, -0.2) is 13.1 Å². The van der Waals surface area contributed by atoms with Crippen LogP contribution in [-0.4, -0.2) is 13.5 Å². The summed E-state index contributed by atoms with van der Waals surface area (Å²) in [6.07, 6.45) is 0. The predicted octanol–water partition coefficient (Wildman–Crippen LogP) is 2.59. The minimum absolute atomic E-state index is 0.156. The van der Waals surface area contributed by atoms with E-state index in [0.717, 1.165) is 11.1 Å². The first-order chi connectivity index (χ1) is 9.44. The van der Waals surface area contributed by atoms with E-state index < -0.39 is 10.0 Å². The lowest BCUT2D eigenvalue weighted by molar-refractivity contribution is 0.282. The highest BCUT2D eigenvalue weighted by molar-refractivity contribution is 7.89. The molecule has 1 unspecified atom stereocenters. The number of nitrogens with one attached hydrogen (secondary N) is 1. The summed E-state index contributed by atoms with van der Waals surface area (Å²) in [5.41, 5.74) is 2.03. The van der Waals surface area contributed by atoms with Crippen LogP contribution in [0.3, 0.4) is 0 Å². The standard InChI is InChI=1S/C14H17NO3S2/c1-10-3-5-12(6-4-10)11(2)15-20(17,18)14-7-8-19-13(14)9-16/h3-8,11,15-16H,9H2,1-2H3. The number of thiophene rings is 1. The Kier molecular flexibility index (Phi) is 4.59. The van der Waals surface area contributed by atoms with Crippen LogP contribution in [0.25, 0.3) is 0 Å². The Morgan fingerprint density at radius 1 is 1.25 bits per heavy atom. The van der Waals surface area contributed by atoms with Gasteiger partial charge in [0.25, 0.3) is 0 Å². The van der Waals surface area contributed by atoms with E-state index in [1.807, 2.05) is 31.2 Å². The van der Waals surface area contributed by atoms with Crippen molar-refractivity contribution in [3.05, 3.63) is 51.7 Å². The monoisotopic (exact) mass is 311 g/mol. The molecule has 1 aromatic heterocycles. The van der Waals surface area contributed by atoms with Crippen molar-refractivity contribution in [3.8, 4) is 0 Å². The molecule has 2 N–H and O–H groups in total. The van der Waals surface area contributed by atoms with Crippen LogP contribution in [0.4, 0.5) is 0 Å². The summed E-state index contributed by atoms with van der Waals surface area (Å²) in [7, 11) is -3.62. The van der Waals surface area contributed by atoms with E-state index in [9.17, 15) is 13.5 Å². The van der Waals surface area contributed by atoms with Gasteiger partial charge in [-0.3, -0.25) is 0 Å². The molecule has 0 radical (unpaired) electrons. The van der Waals surface area contributed by atoms with E-state index in [1.54, 1.807) is 12.3 Å². The molecule has 0 amide bonds. The van der Waals surface area contributed by atoms with Crippen LogP contribution < -0.4 is 4.72 Å². The Bertz CT molecular complexity index is 675. The minimum Gasteiger partial charge on any atom is -0.391 e. The summed E-state index contributed by atoms with van der Waals surface area (Å²) in [4.78, 5) is 0.609. The third kappa shape index (κ3) is 3.27. The molecular formula is C14H17NO3S2. The summed E-state index contributed by atoms with van der Waals surface area (Å²) < 4.78 is 27.3. The maximum absolute atomic E-state index is 12.3. The van der Waals surface area contributed by atoms with E-state index in [1.165, 1.54) is 17.4 Å². The van der Waals surface area contributed by atoms with Crippen LogP contribution in [0.1, 0.15) is 29.0 Å². The third-order valence-corrected chi connectivity index (χ3v) is 5.71. The Balaban J connectivity index is 2.22. The topological polar surface area (TPSA) is 66.4 Å². The highest BCUT2D eigenvalue weighted by Crippen LogP contribution is 2.24. The van der Waals surface area contributed by atoms with E-state index in [4.69, 9.17) is 0 Å². The Morgan fingerprint density at radius 3 is 2.50 bits per heavy atom. The molecule has 0 aliphatic rings. The van der Waals surface area contributed by atoms with Gasteiger partial charge in [0, 0.05) is 10.9 Å². The summed E-state index contributed by atoms with van der Waals surface area (Å²) in [6, 6.07) is 8.90. The Hall–Kier alpha value is -1.21. The number of rotatable bonds is 5. The molecule has 1 heterocycles. The van der Waals surface area contributed by atoms with Gasteiger partial charge >= 0.3 is 0 Å². The van der Waals surface area contributed by atoms with Crippen molar-refractivity contribution >= 4 is 21.4 Å². The normalized spacial score (nSPS) is 13.3. The number of aryl methyl sites for hydroxylation is 1. The molecule has 0 spiro atoms. The molecule has 4 nitrogen and oxygen atoms in total. The second kappa shape index (κ2) is 6.05. The maximum atomic E-state index is 12.3. The fourth-order valence-corrected chi connectivity index (χ4v) is 4.43. The molecule has 1 aromatic carbocycles. The molecule has 2 aromatic rings. The highest BCUT2D eigenvalue weighted by atomic mass is 32.2. The van der Waals surface area contributed by atoms with Crippen LogP contribution in [-0.2, 0) is 16.6 Å². The molecule has 6 heteroatoms. The van der Waals surface area contributed by atoms with Crippen molar-refractivity contribution in [2.24, 2.45) is 0 Å². The smallest absolute Gasteiger partial charge is 0.242 e. The molecule has 0 aliphatic carbocycles. The quantitative estimate of drug-likeness (QED) is 0.892. The van der Waals surface area contributed by atoms with Gasteiger partial charge in [-0.1, -0.05) is 29.8 Å². The molecule has 0 aliphatic heterocycles. The molecule has 2 rings (SSSR count). The van der Waals surface area contributed by atoms with Crippen LogP contribution in [0.2, 0.25) is 0 Å². The first kappa shape index (κ1) is 15.2. The highest BCUT2D eigenvalue weighted by Gasteiger charge is 2.22. The number of hydrogen-bond donors (Lipinski definition) is 2. The van der Waals surface area contributed by atoms with Crippen LogP contribution in [0.15, 0.2) is 40.6 Å². The SMILES string of the molecule is Cc1ccc(C(C)NS(=O)(=O)c2ccsc2CO)cc1. The number of sulfonamides is 1. The first-order valence-electron chi connectivity index (χ1n) is 6.20.